The molecule has 0 saturated heterocycles. The predicted molar refractivity (Wildman–Crippen MR) is 136 cm³/mol. The van der Waals surface area contributed by atoms with E-state index in [1.807, 2.05) is 0 Å². The van der Waals surface area contributed by atoms with E-state index in [0.717, 1.165) is 10.2 Å². The van der Waals surface area contributed by atoms with Gasteiger partial charge in [-0.1, -0.05) is 15.9 Å². The van der Waals surface area contributed by atoms with E-state index >= 15 is 0 Å². The normalized spacial score (nSPS) is 10.2. The molecule has 0 aliphatic rings. The van der Waals surface area contributed by atoms with E-state index in [1.165, 1.54) is 0 Å². The number of hydrogen-bond donors (Lipinski definition) is 2. The molecule has 9 heteroatoms. The Hall–Kier alpha value is -3.85. The second kappa shape index (κ2) is 13.1. The molecule has 0 atom stereocenters. The van der Waals surface area contributed by atoms with Crippen molar-refractivity contribution >= 4 is 45.1 Å². The maximum atomic E-state index is 12.1. The summed E-state index contributed by atoms with van der Waals surface area (Å²) in [5, 5.41) is 5.41. The number of halogens is 1. The molecular weight excluding hydrogens is 516 g/mol. The molecule has 0 aliphatic carbocycles. The number of esters is 1. The molecule has 3 aromatic carbocycles. The number of benzene rings is 3. The minimum Gasteiger partial charge on any atom is -0.497 e. The topological polar surface area (TPSA) is 103 Å². The standard InChI is InChI=1S/C26H25BrN2O6/c1-33-21-13-15-23(16-14-21)35-22-11-9-20(10-12-22)28-24(30)3-2-4-26(32)34-17-25(31)29-19-7-5-18(27)6-8-19/h5-16H,2-4,17H2,1H3,(H,28,30)(H,29,31). The lowest BCUT2D eigenvalue weighted by Gasteiger charge is -2.09. The highest BCUT2D eigenvalue weighted by atomic mass is 79.9. The van der Waals surface area contributed by atoms with Gasteiger partial charge in [0.05, 0.1) is 7.11 Å². The van der Waals surface area contributed by atoms with E-state index in [9.17, 15) is 14.4 Å². The lowest BCUT2D eigenvalue weighted by atomic mass is 10.2. The number of anilines is 2. The summed E-state index contributed by atoms with van der Waals surface area (Å²) in [6, 6.07) is 21.2. The molecule has 0 spiro atoms. The van der Waals surface area contributed by atoms with Crippen molar-refractivity contribution in [2.75, 3.05) is 24.4 Å². The van der Waals surface area contributed by atoms with E-state index in [0.29, 0.717) is 29.3 Å². The molecule has 8 nitrogen and oxygen atoms in total. The lowest BCUT2D eigenvalue weighted by molar-refractivity contribution is -0.147. The predicted octanol–water partition coefficient (Wildman–Crippen LogP) is 5.54. The fourth-order valence-corrected chi connectivity index (χ4v) is 3.22. The van der Waals surface area contributed by atoms with E-state index in [-0.39, 0.29) is 25.4 Å². The van der Waals surface area contributed by atoms with Gasteiger partial charge >= 0.3 is 5.97 Å². The number of methoxy groups -OCH3 is 1. The molecule has 0 aromatic heterocycles. The summed E-state index contributed by atoms with van der Waals surface area (Å²) >= 11 is 3.31. The van der Waals surface area contributed by atoms with Crippen molar-refractivity contribution in [2.45, 2.75) is 19.3 Å². The Balaban J connectivity index is 1.32. The molecule has 3 aromatic rings. The van der Waals surface area contributed by atoms with Gasteiger partial charge in [0.1, 0.15) is 17.2 Å². The van der Waals surface area contributed by atoms with Gasteiger partial charge in [-0.15, -0.1) is 0 Å². The fraction of sp³-hybridized carbons (Fsp3) is 0.192. The zero-order chi connectivity index (χ0) is 25.0. The number of amides is 2. The van der Waals surface area contributed by atoms with Crippen LogP contribution in [0.15, 0.2) is 77.3 Å². The van der Waals surface area contributed by atoms with Gasteiger partial charge in [-0.05, 0) is 79.2 Å². The van der Waals surface area contributed by atoms with Gasteiger partial charge in [-0.25, -0.2) is 0 Å². The molecule has 0 saturated carbocycles. The van der Waals surface area contributed by atoms with Gasteiger partial charge in [0.25, 0.3) is 5.91 Å². The van der Waals surface area contributed by atoms with Crippen LogP contribution in [0, 0.1) is 0 Å². The minimum absolute atomic E-state index is 0.0353. The van der Waals surface area contributed by atoms with Gasteiger partial charge < -0.3 is 24.8 Å². The molecule has 2 amide bonds. The molecule has 2 N–H and O–H groups in total. The molecule has 0 radical (unpaired) electrons. The SMILES string of the molecule is COc1ccc(Oc2ccc(NC(=O)CCCC(=O)OCC(=O)Nc3ccc(Br)cc3)cc2)cc1. The number of nitrogens with one attached hydrogen (secondary N) is 2. The van der Waals surface area contributed by atoms with Crippen molar-refractivity contribution < 1.29 is 28.6 Å². The maximum Gasteiger partial charge on any atom is 0.306 e. The molecule has 0 fully saturated rings. The van der Waals surface area contributed by atoms with Crippen LogP contribution in [0.1, 0.15) is 19.3 Å². The van der Waals surface area contributed by atoms with Crippen LogP contribution in [0.4, 0.5) is 11.4 Å². The van der Waals surface area contributed by atoms with Gasteiger partial charge in [0.15, 0.2) is 6.61 Å². The minimum atomic E-state index is -0.538. The second-order valence-corrected chi connectivity index (χ2v) is 8.34. The van der Waals surface area contributed by atoms with Crippen LogP contribution in [0.2, 0.25) is 0 Å². The summed E-state index contributed by atoms with van der Waals surface area (Å²) in [5.41, 5.74) is 1.22. The van der Waals surface area contributed by atoms with Crippen LogP contribution in [-0.4, -0.2) is 31.5 Å². The van der Waals surface area contributed by atoms with Crippen LogP contribution in [-0.2, 0) is 19.1 Å². The smallest absolute Gasteiger partial charge is 0.306 e. The van der Waals surface area contributed by atoms with Crippen molar-refractivity contribution in [3.8, 4) is 17.2 Å². The summed E-state index contributed by atoms with van der Waals surface area (Å²) in [4.78, 5) is 35.9. The highest BCUT2D eigenvalue weighted by molar-refractivity contribution is 9.10. The van der Waals surface area contributed by atoms with Crippen molar-refractivity contribution in [1.82, 2.24) is 0 Å². The molecular formula is C26H25BrN2O6. The molecule has 0 unspecified atom stereocenters. The second-order valence-electron chi connectivity index (χ2n) is 7.42. The van der Waals surface area contributed by atoms with Crippen LogP contribution in [0.3, 0.4) is 0 Å². The Morgan fingerprint density at radius 2 is 1.23 bits per heavy atom. The summed E-state index contributed by atoms with van der Waals surface area (Å²) < 4.78 is 16.7. The molecule has 3 rings (SSSR count). The average Bonchev–Trinajstić information content (AvgIpc) is 2.86. The van der Waals surface area contributed by atoms with Crippen LogP contribution in [0.25, 0.3) is 0 Å². The van der Waals surface area contributed by atoms with Crippen molar-refractivity contribution in [3.63, 3.8) is 0 Å². The fourth-order valence-electron chi connectivity index (χ4n) is 2.95. The number of ether oxygens (including phenoxy) is 3. The third-order valence-electron chi connectivity index (χ3n) is 4.71. The quantitative estimate of drug-likeness (QED) is 0.309. The first-order valence-electron chi connectivity index (χ1n) is 10.8. The number of hydrogen-bond acceptors (Lipinski definition) is 6. The van der Waals surface area contributed by atoms with E-state index in [2.05, 4.69) is 26.6 Å². The van der Waals surface area contributed by atoms with Crippen molar-refractivity contribution in [3.05, 3.63) is 77.3 Å². The van der Waals surface area contributed by atoms with Gasteiger partial charge in [0.2, 0.25) is 5.91 Å². The van der Waals surface area contributed by atoms with Crippen molar-refractivity contribution in [1.29, 1.82) is 0 Å². The molecule has 0 heterocycles. The Labute approximate surface area is 211 Å². The summed E-state index contributed by atoms with van der Waals surface area (Å²) in [7, 11) is 1.60. The van der Waals surface area contributed by atoms with Crippen LogP contribution >= 0.6 is 15.9 Å². The first-order chi connectivity index (χ1) is 16.9. The van der Waals surface area contributed by atoms with Crippen LogP contribution in [0.5, 0.6) is 17.2 Å². The Kier molecular flexibility index (Phi) is 9.68. The van der Waals surface area contributed by atoms with Crippen molar-refractivity contribution in [2.24, 2.45) is 0 Å². The Morgan fingerprint density at radius 1 is 0.714 bits per heavy atom. The molecule has 35 heavy (non-hydrogen) atoms. The van der Waals surface area contributed by atoms with Gasteiger partial charge in [0, 0.05) is 28.7 Å². The zero-order valence-electron chi connectivity index (χ0n) is 19.1. The van der Waals surface area contributed by atoms with Crippen LogP contribution < -0.4 is 20.1 Å². The highest BCUT2D eigenvalue weighted by Gasteiger charge is 2.10. The Bertz CT molecular complexity index is 1130. The Morgan fingerprint density at radius 3 is 1.83 bits per heavy atom. The lowest BCUT2D eigenvalue weighted by Crippen LogP contribution is -2.21. The monoisotopic (exact) mass is 540 g/mol. The van der Waals surface area contributed by atoms with Gasteiger partial charge in [-0.3, -0.25) is 14.4 Å². The summed E-state index contributed by atoms with van der Waals surface area (Å²) in [5.74, 6) is 0.836. The number of rotatable bonds is 11. The number of carbonyl (C=O) groups is 3. The largest absolute Gasteiger partial charge is 0.497 e. The first kappa shape index (κ1) is 25.8. The summed E-state index contributed by atoms with van der Waals surface area (Å²) in [6.07, 6.45) is 0.482. The molecule has 0 aliphatic heterocycles. The van der Waals surface area contributed by atoms with E-state index in [4.69, 9.17) is 14.2 Å². The van der Waals surface area contributed by atoms with E-state index in [1.54, 1.807) is 79.9 Å². The average molecular weight is 541 g/mol. The van der Waals surface area contributed by atoms with Gasteiger partial charge in [-0.2, -0.15) is 0 Å². The first-order valence-corrected chi connectivity index (χ1v) is 11.6. The van der Waals surface area contributed by atoms with E-state index < -0.39 is 11.9 Å². The molecule has 182 valence electrons. The molecule has 0 bridgehead atoms. The zero-order valence-corrected chi connectivity index (χ0v) is 20.7. The maximum absolute atomic E-state index is 12.1. The third-order valence-corrected chi connectivity index (χ3v) is 5.24. The number of carbonyl (C=O) groups excluding carboxylic acids is 3. The third kappa shape index (κ3) is 9.13. The summed E-state index contributed by atoms with van der Waals surface area (Å²) in [6.45, 7) is -0.383. The highest BCUT2D eigenvalue weighted by Crippen LogP contribution is 2.25.